The summed E-state index contributed by atoms with van der Waals surface area (Å²) in [6, 6.07) is 23.4. The number of halogens is 1. The van der Waals surface area contributed by atoms with Crippen molar-refractivity contribution in [2.24, 2.45) is 17.8 Å². The van der Waals surface area contributed by atoms with E-state index >= 15 is 0 Å². The van der Waals surface area contributed by atoms with Crippen LogP contribution in [0.1, 0.15) is 30.4 Å². The third kappa shape index (κ3) is 5.63. The lowest BCUT2D eigenvalue weighted by Crippen LogP contribution is -2.38. The first-order chi connectivity index (χ1) is 21.4. The average molecular weight is 598 g/mol. The fourth-order valence-electron chi connectivity index (χ4n) is 6.62. The van der Waals surface area contributed by atoms with Crippen LogP contribution in [0.4, 0.5) is 9.18 Å². The molecule has 2 aliphatic heterocycles. The van der Waals surface area contributed by atoms with Crippen molar-refractivity contribution < 1.29 is 38.1 Å². The highest BCUT2D eigenvalue weighted by Gasteiger charge is 2.59. The van der Waals surface area contributed by atoms with Crippen LogP contribution in [0.3, 0.4) is 0 Å². The molecule has 1 aliphatic carbocycles. The molecule has 0 spiro atoms. The van der Waals surface area contributed by atoms with Crippen LogP contribution in [0, 0.1) is 23.6 Å². The Hall–Kier alpha value is -4.76. The Morgan fingerprint density at radius 2 is 1.75 bits per heavy atom. The summed E-state index contributed by atoms with van der Waals surface area (Å²) >= 11 is 0. The van der Waals surface area contributed by atoms with Crippen molar-refractivity contribution in [2.45, 2.75) is 25.4 Å². The van der Waals surface area contributed by atoms with Crippen LogP contribution in [0.25, 0.3) is 11.6 Å². The van der Waals surface area contributed by atoms with Crippen LogP contribution >= 0.6 is 0 Å². The number of methoxy groups -OCH3 is 1. The number of hydrogen-bond donors (Lipinski definition) is 1. The average Bonchev–Trinajstić information content (AvgIpc) is 3.58. The van der Waals surface area contributed by atoms with Gasteiger partial charge in [-0.3, -0.25) is 9.59 Å². The van der Waals surface area contributed by atoms with Crippen LogP contribution in [0.15, 0.2) is 90.0 Å². The molecule has 0 saturated carbocycles. The number of carbonyl (C=O) groups is 3. The first-order valence-electron chi connectivity index (χ1n) is 14.6. The number of amides is 3. The summed E-state index contributed by atoms with van der Waals surface area (Å²) < 4.78 is 31.4. The second-order valence-electron chi connectivity index (χ2n) is 11.2. The standard InChI is InChI=1S/C35H32FNO7/c1-42-35(41)37-33(39)26-18-24(19-43-25-10-6-3-7-11-25)31-27(32(26)34(37)40)20-44-30(31)15-13-23(22-8-4-2-5-9-22)16-21-12-14-29(38)28(36)17-21/h2-12,14,16-17,26-27,30,32,38H,13,15,18-20H2,1H3/b23-16-/t26-,27+,30-,32-/m1/s1. The van der Waals surface area contributed by atoms with Gasteiger partial charge in [-0.25, -0.2) is 9.18 Å². The van der Waals surface area contributed by atoms with E-state index in [0.717, 1.165) is 29.4 Å². The van der Waals surface area contributed by atoms with E-state index in [1.807, 2.05) is 66.7 Å². The topological polar surface area (TPSA) is 102 Å². The minimum Gasteiger partial charge on any atom is -0.505 e. The molecule has 0 aromatic heterocycles. The van der Waals surface area contributed by atoms with Gasteiger partial charge >= 0.3 is 6.09 Å². The maximum absolute atomic E-state index is 14.2. The molecule has 44 heavy (non-hydrogen) atoms. The molecule has 3 aromatic carbocycles. The number of fused-ring (bicyclic) bond motifs is 3. The zero-order chi connectivity index (χ0) is 30.8. The molecule has 9 heteroatoms. The van der Waals surface area contributed by atoms with E-state index in [9.17, 15) is 23.9 Å². The van der Waals surface area contributed by atoms with Crippen LogP contribution in [-0.2, 0) is 19.1 Å². The molecular formula is C35H32FNO7. The fourth-order valence-corrected chi connectivity index (χ4v) is 6.62. The normalized spacial score (nSPS) is 23.0. The Morgan fingerprint density at radius 1 is 1.02 bits per heavy atom. The third-order valence-electron chi connectivity index (χ3n) is 8.65. The monoisotopic (exact) mass is 597 g/mol. The summed E-state index contributed by atoms with van der Waals surface area (Å²) in [6.45, 7) is 0.449. The van der Waals surface area contributed by atoms with Crippen LogP contribution < -0.4 is 4.74 Å². The summed E-state index contributed by atoms with van der Waals surface area (Å²) in [6.07, 6.45) is 1.96. The number of aromatic hydroxyl groups is 1. The van der Waals surface area contributed by atoms with Gasteiger partial charge in [-0.05, 0) is 71.4 Å². The smallest absolute Gasteiger partial charge is 0.423 e. The van der Waals surface area contributed by atoms with E-state index < -0.39 is 41.3 Å². The molecule has 4 atom stereocenters. The van der Waals surface area contributed by atoms with E-state index in [4.69, 9.17) is 14.2 Å². The quantitative estimate of drug-likeness (QED) is 0.193. The highest BCUT2D eigenvalue weighted by molar-refractivity contribution is 6.16. The van der Waals surface area contributed by atoms with E-state index in [1.165, 1.54) is 12.1 Å². The van der Waals surface area contributed by atoms with Crippen LogP contribution in [-0.4, -0.2) is 54.3 Å². The molecule has 2 heterocycles. The number of likely N-dealkylation sites (tertiary alicyclic amines) is 1. The maximum atomic E-state index is 14.2. The lowest BCUT2D eigenvalue weighted by molar-refractivity contribution is -0.137. The number of phenolic OH excluding ortho intramolecular Hbond substituents is 1. The van der Waals surface area contributed by atoms with Gasteiger partial charge in [0.2, 0.25) is 11.8 Å². The predicted octanol–water partition coefficient (Wildman–Crippen LogP) is 6.01. The number of rotatable bonds is 8. The Bertz CT molecular complexity index is 1640. The van der Waals surface area contributed by atoms with Crippen molar-refractivity contribution in [3.8, 4) is 11.5 Å². The predicted molar refractivity (Wildman–Crippen MR) is 160 cm³/mol. The molecule has 1 N–H and O–H groups in total. The lowest BCUT2D eigenvalue weighted by Gasteiger charge is -2.31. The van der Waals surface area contributed by atoms with Crippen molar-refractivity contribution in [3.05, 3.63) is 107 Å². The van der Waals surface area contributed by atoms with Gasteiger partial charge in [0.1, 0.15) is 12.4 Å². The molecule has 3 aromatic rings. The number of carbonyl (C=O) groups excluding carboxylic acids is 3. The summed E-state index contributed by atoms with van der Waals surface area (Å²) in [7, 11) is 1.15. The van der Waals surface area contributed by atoms with Crippen LogP contribution in [0.5, 0.6) is 11.5 Å². The van der Waals surface area contributed by atoms with Gasteiger partial charge in [-0.2, -0.15) is 4.90 Å². The van der Waals surface area contributed by atoms with Crippen molar-refractivity contribution >= 4 is 29.6 Å². The number of imide groups is 3. The number of hydrogen-bond acceptors (Lipinski definition) is 7. The molecular weight excluding hydrogens is 565 g/mol. The number of ether oxygens (including phenoxy) is 3. The summed E-state index contributed by atoms with van der Waals surface area (Å²) in [5.41, 5.74) is 4.35. The zero-order valence-electron chi connectivity index (χ0n) is 24.1. The Morgan fingerprint density at radius 3 is 2.45 bits per heavy atom. The Balaban J connectivity index is 1.31. The van der Waals surface area contributed by atoms with Gasteiger partial charge in [-0.15, -0.1) is 0 Å². The number of phenols is 1. The summed E-state index contributed by atoms with van der Waals surface area (Å²) in [5, 5.41) is 9.65. The largest absolute Gasteiger partial charge is 0.505 e. The molecule has 0 unspecified atom stereocenters. The van der Waals surface area contributed by atoms with Crippen molar-refractivity contribution in [2.75, 3.05) is 20.3 Å². The molecule has 3 aliphatic rings. The number of benzene rings is 3. The number of allylic oxidation sites excluding steroid dienone is 1. The summed E-state index contributed by atoms with van der Waals surface area (Å²) in [5.74, 6) is -3.34. The highest BCUT2D eigenvalue weighted by atomic mass is 19.1. The van der Waals surface area contributed by atoms with Crippen molar-refractivity contribution in [3.63, 3.8) is 0 Å². The minimum atomic E-state index is -0.975. The van der Waals surface area contributed by atoms with Crippen molar-refractivity contribution in [1.82, 2.24) is 4.90 Å². The van der Waals surface area contributed by atoms with Gasteiger partial charge in [0.15, 0.2) is 11.6 Å². The molecule has 0 bridgehead atoms. The Kier molecular flexibility index (Phi) is 8.30. The second-order valence-corrected chi connectivity index (χ2v) is 11.2. The fraction of sp³-hybridized carbons (Fsp3) is 0.286. The molecule has 2 fully saturated rings. The number of para-hydroxylation sites is 1. The lowest BCUT2D eigenvalue weighted by atomic mass is 9.69. The molecule has 2 saturated heterocycles. The van der Waals surface area contributed by atoms with E-state index in [1.54, 1.807) is 6.07 Å². The zero-order valence-corrected chi connectivity index (χ0v) is 24.1. The molecule has 0 radical (unpaired) electrons. The first kappa shape index (κ1) is 29.3. The van der Waals surface area contributed by atoms with Gasteiger partial charge in [0.25, 0.3) is 0 Å². The molecule has 8 nitrogen and oxygen atoms in total. The summed E-state index contributed by atoms with van der Waals surface area (Å²) in [4.78, 5) is 39.7. The maximum Gasteiger partial charge on any atom is 0.423 e. The molecule has 3 amide bonds. The highest BCUT2D eigenvalue weighted by Crippen LogP contribution is 2.50. The van der Waals surface area contributed by atoms with Crippen molar-refractivity contribution in [1.29, 1.82) is 0 Å². The van der Waals surface area contributed by atoms with Gasteiger partial charge < -0.3 is 19.3 Å². The first-order valence-corrected chi connectivity index (χ1v) is 14.6. The van der Waals surface area contributed by atoms with Crippen LogP contribution in [0.2, 0.25) is 0 Å². The third-order valence-corrected chi connectivity index (χ3v) is 8.65. The van der Waals surface area contributed by atoms with E-state index in [-0.39, 0.29) is 31.7 Å². The number of nitrogens with zero attached hydrogens (tertiary/aromatic N) is 1. The minimum absolute atomic E-state index is 0.215. The van der Waals surface area contributed by atoms with Gasteiger partial charge in [0, 0.05) is 5.92 Å². The van der Waals surface area contributed by atoms with Gasteiger partial charge in [0.05, 0.1) is 31.7 Å². The van der Waals surface area contributed by atoms with E-state index in [2.05, 4.69) is 0 Å². The Labute approximate surface area is 254 Å². The van der Waals surface area contributed by atoms with Gasteiger partial charge in [-0.1, -0.05) is 60.7 Å². The SMILES string of the molecule is COC(=O)N1C(=O)[C@@H]2[C@@H](CC(COc3ccccc3)=C3[C@@H](CC/C(=C/c4ccc(O)c(F)c4)c4ccccc4)OC[C@@H]32)C1=O. The molecule has 6 rings (SSSR count). The molecule has 226 valence electrons. The van der Waals surface area contributed by atoms with E-state index in [0.29, 0.717) is 29.1 Å². The second kappa shape index (κ2) is 12.5.